The smallest absolute Gasteiger partial charge is 0.240 e. The standard InChI is InChI=1S/C14H12ClN3O2/c1-19-12-7-13(20-2)18-8-11(16-14(18)17-12)9-3-5-10(15)6-4-9/h3-8H,1-2H3. The lowest BCUT2D eigenvalue weighted by atomic mass is 10.2. The maximum absolute atomic E-state index is 5.89. The van der Waals surface area contributed by atoms with Crippen LogP contribution in [0.4, 0.5) is 0 Å². The molecule has 3 rings (SSSR count). The van der Waals surface area contributed by atoms with E-state index in [9.17, 15) is 0 Å². The predicted molar refractivity (Wildman–Crippen MR) is 76.5 cm³/mol. The molecule has 0 spiro atoms. The van der Waals surface area contributed by atoms with Crippen molar-refractivity contribution in [3.05, 3.63) is 41.6 Å². The van der Waals surface area contributed by atoms with E-state index in [0.717, 1.165) is 11.3 Å². The lowest BCUT2D eigenvalue weighted by Crippen LogP contribution is -1.97. The molecule has 2 aromatic heterocycles. The van der Waals surface area contributed by atoms with Gasteiger partial charge in [-0.1, -0.05) is 23.7 Å². The van der Waals surface area contributed by atoms with Crippen molar-refractivity contribution in [1.29, 1.82) is 0 Å². The Morgan fingerprint density at radius 1 is 1.05 bits per heavy atom. The summed E-state index contributed by atoms with van der Waals surface area (Å²) in [6, 6.07) is 9.18. The van der Waals surface area contributed by atoms with E-state index in [1.54, 1.807) is 24.7 Å². The van der Waals surface area contributed by atoms with E-state index in [2.05, 4.69) is 9.97 Å². The molecule has 3 aromatic rings. The number of hydrogen-bond acceptors (Lipinski definition) is 4. The van der Waals surface area contributed by atoms with Gasteiger partial charge >= 0.3 is 0 Å². The summed E-state index contributed by atoms with van der Waals surface area (Å²) in [7, 11) is 3.15. The Hall–Kier alpha value is -2.27. The number of halogens is 1. The highest BCUT2D eigenvalue weighted by Gasteiger charge is 2.11. The molecule has 0 saturated heterocycles. The Balaban J connectivity index is 2.16. The van der Waals surface area contributed by atoms with Crippen LogP contribution in [0.5, 0.6) is 11.8 Å². The number of imidazole rings is 1. The van der Waals surface area contributed by atoms with Crippen LogP contribution in [0.3, 0.4) is 0 Å². The van der Waals surface area contributed by atoms with Crippen LogP contribution in [-0.2, 0) is 0 Å². The summed E-state index contributed by atoms with van der Waals surface area (Å²) < 4.78 is 12.2. The average Bonchev–Trinajstić information content (AvgIpc) is 2.90. The Bertz CT molecular complexity index is 753. The molecule has 5 nitrogen and oxygen atoms in total. The maximum atomic E-state index is 5.89. The minimum atomic E-state index is 0.461. The van der Waals surface area contributed by atoms with E-state index in [-0.39, 0.29) is 0 Å². The Labute approximate surface area is 120 Å². The predicted octanol–water partition coefficient (Wildman–Crippen LogP) is 3.07. The summed E-state index contributed by atoms with van der Waals surface area (Å²) in [6.07, 6.45) is 1.86. The van der Waals surface area contributed by atoms with Crippen molar-refractivity contribution in [3.8, 4) is 23.0 Å². The molecule has 0 fully saturated rings. The SMILES string of the molecule is COc1cc(OC)n2cc(-c3ccc(Cl)cc3)nc2n1. The summed E-state index contributed by atoms with van der Waals surface area (Å²) in [6.45, 7) is 0. The molecule has 0 atom stereocenters. The fourth-order valence-corrected chi connectivity index (χ4v) is 2.07. The van der Waals surface area contributed by atoms with E-state index >= 15 is 0 Å². The first-order chi connectivity index (χ1) is 9.71. The van der Waals surface area contributed by atoms with Crippen LogP contribution in [0.25, 0.3) is 17.0 Å². The van der Waals surface area contributed by atoms with Crippen molar-refractivity contribution in [3.63, 3.8) is 0 Å². The van der Waals surface area contributed by atoms with Crippen molar-refractivity contribution >= 4 is 17.4 Å². The molecule has 0 bridgehead atoms. The minimum Gasteiger partial charge on any atom is -0.482 e. The highest BCUT2D eigenvalue weighted by molar-refractivity contribution is 6.30. The molecule has 0 N–H and O–H groups in total. The molecule has 0 unspecified atom stereocenters. The molecule has 2 heterocycles. The molecule has 0 aliphatic heterocycles. The highest BCUT2D eigenvalue weighted by Crippen LogP contribution is 2.25. The molecule has 0 aliphatic rings. The van der Waals surface area contributed by atoms with Gasteiger partial charge in [0.15, 0.2) is 0 Å². The zero-order chi connectivity index (χ0) is 14.1. The number of benzene rings is 1. The van der Waals surface area contributed by atoms with Gasteiger partial charge in [0.05, 0.1) is 26.0 Å². The molecule has 102 valence electrons. The maximum Gasteiger partial charge on any atom is 0.240 e. The fourth-order valence-electron chi connectivity index (χ4n) is 1.94. The van der Waals surface area contributed by atoms with Crippen LogP contribution < -0.4 is 9.47 Å². The van der Waals surface area contributed by atoms with Crippen molar-refractivity contribution in [2.45, 2.75) is 0 Å². The quantitative estimate of drug-likeness (QED) is 0.743. The average molecular weight is 290 g/mol. The first-order valence-electron chi connectivity index (χ1n) is 5.95. The van der Waals surface area contributed by atoms with Crippen LogP contribution in [0.15, 0.2) is 36.5 Å². The monoisotopic (exact) mass is 289 g/mol. The van der Waals surface area contributed by atoms with Gasteiger partial charge in [0.25, 0.3) is 0 Å². The normalized spacial score (nSPS) is 10.8. The molecular formula is C14H12ClN3O2. The van der Waals surface area contributed by atoms with E-state index in [4.69, 9.17) is 21.1 Å². The van der Waals surface area contributed by atoms with Gasteiger partial charge in [-0.15, -0.1) is 0 Å². The molecule has 0 radical (unpaired) electrons. The van der Waals surface area contributed by atoms with E-state index < -0.39 is 0 Å². The van der Waals surface area contributed by atoms with Crippen molar-refractivity contribution in [1.82, 2.24) is 14.4 Å². The van der Waals surface area contributed by atoms with E-state index in [0.29, 0.717) is 22.6 Å². The first kappa shape index (κ1) is 12.7. The van der Waals surface area contributed by atoms with Gasteiger partial charge in [0.1, 0.15) is 0 Å². The second-order valence-corrected chi connectivity index (χ2v) is 4.58. The van der Waals surface area contributed by atoms with Gasteiger partial charge in [-0.2, -0.15) is 4.98 Å². The summed E-state index contributed by atoms with van der Waals surface area (Å²) >= 11 is 5.89. The summed E-state index contributed by atoms with van der Waals surface area (Å²) in [5.41, 5.74) is 1.75. The van der Waals surface area contributed by atoms with Gasteiger partial charge < -0.3 is 9.47 Å². The van der Waals surface area contributed by atoms with Gasteiger partial charge in [0, 0.05) is 16.8 Å². The number of hydrogen-bond donors (Lipinski definition) is 0. The first-order valence-corrected chi connectivity index (χ1v) is 6.33. The Morgan fingerprint density at radius 3 is 2.45 bits per heavy atom. The van der Waals surface area contributed by atoms with Crippen LogP contribution in [0, 0.1) is 0 Å². The Morgan fingerprint density at radius 2 is 1.80 bits per heavy atom. The molecule has 0 saturated carbocycles. The number of aromatic nitrogens is 3. The third-order valence-corrected chi connectivity index (χ3v) is 3.19. The lowest BCUT2D eigenvalue weighted by molar-refractivity contribution is 0.369. The lowest BCUT2D eigenvalue weighted by Gasteiger charge is -2.04. The van der Waals surface area contributed by atoms with Gasteiger partial charge in [0.2, 0.25) is 17.5 Å². The number of nitrogens with zero attached hydrogens (tertiary/aromatic N) is 3. The molecule has 1 aromatic carbocycles. The van der Waals surface area contributed by atoms with Crippen LogP contribution in [-0.4, -0.2) is 28.6 Å². The molecule has 20 heavy (non-hydrogen) atoms. The number of methoxy groups -OCH3 is 2. The molecule has 6 heteroatoms. The van der Waals surface area contributed by atoms with Crippen molar-refractivity contribution in [2.24, 2.45) is 0 Å². The third-order valence-electron chi connectivity index (χ3n) is 2.94. The Kier molecular flexibility index (Phi) is 3.20. The number of rotatable bonds is 3. The molecule has 0 amide bonds. The molecule has 0 aliphatic carbocycles. The van der Waals surface area contributed by atoms with Gasteiger partial charge in [-0.25, -0.2) is 4.98 Å². The molecular weight excluding hydrogens is 278 g/mol. The number of ether oxygens (including phenoxy) is 2. The minimum absolute atomic E-state index is 0.461. The second kappa shape index (κ2) is 5.02. The van der Waals surface area contributed by atoms with Crippen molar-refractivity contribution < 1.29 is 9.47 Å². The van der Waals surface area contributed by atoms with Gasteiger partial charge in [-0.3, -0.25) is 4.40 Å². The summed E-state index contributed by atoms with van der Waals surface area (Å²) in [4.78, 5) is 8.77. The largest absolute Gasteiger partial charge is 0.482 e. The number of fused-ring (bicyclic) bond motifs is 1. The van der Waals surface area contributed by atoms with Crippen LogP contribution >= 0.6 is 11.6 Å². The van der Waals surface area contributed by atoms with E-state index in [1.807, 2.05) is 30.5 Å². The zero-order valence-corrected chi connectivity index (χ0v) is 11.8. The topological polar surface area (TPSA) is 48.7 Å². The van der Waals surface area contributed by atoms with Crippen LogP contribution in [0.1, 0.15) is 0 Å². The summed E-state index contributed by atoms with van der Waals surface area (Å²) in [5.74, 6) is 1.59. The van der Waals surface area contributed by atoms with Crippen molar-refractivity contribution in [2.75, 3.05) is 14.2 Å². The summed E-state index contributed by atoms with van der Waals surface area (Å²) in [5, 5.41) is 0.690. The zero-order valence-electron chi connectivity index (χ0n) is 11.0. The third kappa shape index (κ3) is 2.16. The second-order valence-electron chi connectivity index (χ2n) is 4.14. The van der Waals surface area contributed by atoms with E-state index in [1.165, 1.54) is 0 Å². The van der Waals surface area contributed by atoms with Crippen LogP contribution in [0.2, 0.25) is 5.02 Å². The van der Waals surface area contributed by atoms with Gasteiger partial charge in [-0.05, 0) is 12.1 Å². The fraction of sp³-hybridized carbons (Fsp3) is 0.143. The highest BCUT2D eigenvalue weighted by atomic mass is 35.5.